The Hall–Kier alpha value is -0.760. The molecule has 0 saturated heterocycles. The van der Waals surface area contributed by atoms with E-state index >= 15 is 0 Å². The van der Waals surface area contributed by atoms with Gasteiger partial charge in [0.15, 0.2) is 0 Å². The Balaban J connectivity index is 1.84. The fourth-order valence-electron chi connectivity index (χ4n) is 2.13. The molecule has 1 fully saturated rings. The van der Waals surface area contributed by atoms with Crippen LogP contribution in [0.5, 0.6) is 0 Å². The normalized spacial score (nSPS) is 26.5. The van der Waals surface area contributed by atoms with Gasteiger partial charge in [0.1, 0.15) is 0 Å². The summed E-state index contributed by atoms with van der Waals surface area (Å²) in [6, 6.07) is 2.70. The highest BCUT2D eigenvalue weighted by Crippen LogP contribution is 2.42. The number of rotatable bonds is 4. The molecule has 1 aliphatic carbocycles. The van der Waals surface area contributed by atoms with Gasteiger partial charge in [-0.15, -0.1) is 0 Å². The number of furan rings is 1. The third-order valence-electron chi connectivity index (χ3n) is 3.18. The molecule has 1 aromatic rings. The van der Waals surface area contributed by atoms with Crippen LogP contribution in [0, 0.1) is 5.92 Å². The molecule has 1 aromatic heterocycles. The van der Waals surface area contributed by atoms with Crippen molar-refractivity contribution in [3.8, 4) is 0 Å². The van der Waals surface area contributed by atoms with E-state index in [1.54, 1.807) is 6.26 Å². The molecule has 1 heterocycles. The fraction of sp³-hybridized carbons (Fsp3) is 0.667. The summed E-state index contributed by atoms with van der Waals surface area (Å²) < 4.78 is 5.12. The van der Waals surface area contributed by atoms with Gasteiger partial charge in [-0.05, 0) is 42.9 Å². The molecule has 2 unspecified atom stereocenters. The van der Waals surface area contributed by atoms with E-state index in [4.69, 9.17) is 4.42 Å². The third-order valence-corrected chi connectivity index (χ3v) is 3.18. The second-order valence-electron chi connectivity index (χ2n) is 4.56. The van der Waals surface area contributed by atoms with E-state index in [0.717, 1.165) is 18.4 Å². The van der Waals surface area contributed by atoms with Crippen LogP contribution in [-0.2, 0) is 0 Å². The molecule has 0 bridgehead atoms. The summed E-state index contributed by atoms with van der Waals surface area (Å²) >= 11 is 0. The molecule has 1 saturated carbocycles. The van der Waals surface area contributed by atoms with E-state index in [-0.39, 0.29) is 0 Å². The lowest BCUT2D eigenvalue weighted by molar-refractivity contribution is 0.240. The quantitative estimate of drug-likeness (QED) is 0.795. The molecule has 1 aliphatic rings. The summed E-state index contributed by atoms with van der Waals surface area (Å²) in [5.41, 5.74) is 1.38. The standard InChI is InChI=1S/C12H19NO/c1-9(2)13-7-10-3-4-12(10)11-5-6-14-8-11/h5-6,8-10,12-13H,3-4,7H2,1-2H3. The zero-order valence-corrected chi connectivity index (χ0v) is 8.99. The van der Waals surface area contributed by atoms with E-state index in [1.807, 2.05) is 6.26 Å². The van der Waals surface area contributed by atoms with Gasteiger partial charge >= 0.3 is 0 Å². The molecule has 1 N–H and O–H groups in total. The maximum Gasteiger partial charge on any atom is 0.0937 e. The van der Waals surface area contributed by atoms with Crippen molar-refractivity contribution in [3.05, 3.63) is 24.2 Å². The number of nitrogens with one attached hydrogen (secondary N) is 1. The van der Waals surface area contributed by atoms with Crippen LogP contribution in [-0.4, -0.2) is 12.6 Å². The van der Waals surface area contributed by atoms with Crippen LogP contribution >= 0.6 is 0 Å². The Morgan fingerprint density at radius 3 is 2.86 bits per heavy atom. The zero-order chi connectivity index (χ0) is 9.97. The first kappa shape index (κ1) is 9.78. The SMILES string of the molecule is CC(C)NCC1CCC1c1ccoc1. The predicted molar refractivity (Wildman–Crippen MR) is 57.3 cm³/mol. The van der Waals surface area contributed by atoms with Gasteiger partial charge < -0.3 is 9.73 Å². The molecule has 0 spiro atoms. The van der Waals surface area contributed by atoms with Gasteiger partial charge in [-0.25, -0.2) is 0 Å². The van der Waals surface area contributed by atoms with Gasteiger partial charge in [0.2, 0.25) is 0 Å². The molecule has 0 amide bonds. The molecule has 2 rings (SSSR count). The molecular weight excluding hydrogens is 174 g/mol. The summed E-state index contributed by atoms with van der Waals surface area (Å²) in [5.74, 6) is 1.55. The molecular formula is C12H19NO. The third kappa shape index (κ3) is 2.01. The van der Waals surface area contributed by atoms with Crippen molar-refractivity contribution in [3.63, 3.8) is 0 Å². The first-order chi connectivity index (χ1) is 6.77. The minimum atomic E-state index is 0.598. The van der Waals surface area contributed by atoms with Crippen molar-refractivity contribution >= 4 is 0 Å². The van der Waals surface area contributed by atoms with Crippen LogP contribution in [0.4, 0.5) is 0 Å². The maximum absolute atomic E-state index is 5.12. The average Bonchev–Trinajstić information content (AvgIpc) is 2.54. The Kier molecular flexibility index (Phi) is 2.92. The number of hydrogen-bond donors (Lipinski definition) is 1. The molecule has 2 heteroatoms. The van der Waals surface area contributed by atoms with Crippen LogP contribution in [0.1, 0.15) is 38.2 Å². The van der Waals surface area contributed by atoms with Crippen molar-refractivity contribution < 1.29 is 4.42 Å². The molecule has 2 nitrogen and oxygen atoms in total. The lowest BCUT2D eigenvalue weighted by Crippen LogP contribution is -2.36. The number of hydrogen-bond acceptors (Lipinski definition) is 2. The van der Waals surface area contributed by atoms with Gasteiger partial charge in [0.05, 0.1) is 12.5 Å². The monoisotopic (exact) mass is 193 g/mol. The van der Waals surface area contributed by atoms with Crippen LogP contribution in [0.2, 0.25) is 0 Å². The van der Waals surface area contributed by atoms with E-state index in [0.29, 0.717) is 6.04 Å². The Morgan fingerprint density at radius 1 is 1.50 bits per heavy atom. The molecule has 78 valence electrons. The molecule has 0 aromatic carbocycles. The minimum Gasteiger partial charge on any atom is -0.472 e. The topological polar surface area (TPSA) is 25.2 Å². The molecule has 14 heavy (non-hydrogen) atoms. The summed E-state index contributed by atoms with van der Waals surface area (Å²) in [7, 11) is 0. The van der Waals surface area contributed by atoms with E-state index in [2.05, 4.69) is 25.2 Å². The second-order valence-corrected chi connectivity index (χ2v) is 4.56. The minimum absolute atomic E-state index is 0.598. The Bertz CT molecular complexity index is 266. The van der Waals surface area contributed by atoms with Crippen molar-refractivity contribution in [2.24, 2.45) is 5.92 Å². The Morgan fingerprint density at radius 2 is 2.36 bits per heavy atom. The van der Waals surface area contributed by atoms with Crippen LogP contribution in [0.3, 0.4) is 0 Å². The van der Waals surface area contributed by atoms with Gasteiger partial charge in [-0.2, -0.15) is 0 Å². The first-order valence-corrected chi connectivity index (χ1v) is 5.53. The summed E-state index contributed by atoms with van der Waals surface area (Å²) in [4.78, 5) is 0. The fourth-order valence-corrected chi connectivity index (χ4v) is 2.13. The predicted octanol–water partition coefficient (Wildman–Crippen LogP) is 2.77. The molecule has 2 atom stereocenters. The highest BCUT2D eigenvalue weighted by atomic mass is 16.3. The van der Waals surface area contributed by atoms with Gasteiger partial charge in [0, 0.05) is 6.04 Å². The van der Waals surface area contributed by atoms with Crippen LogP contribution < -0.4 is 5.32 Å². The molecule has 0 aliphatic heterocycles. The maximum atomic E-state index is 5.12. The van der Waals surface area contributed by atoms with Gasteiger partial charge in [-0.1, -0.05) is 13.8 Å². The van der Waals surface area contributed by atoms with Crippen LogP contribution in [0.15, 0.2) is 23.0 Å². The van der Waals surface area contributed by atoms with Crippen molar-refractivity contribution in [1.29, 1.82) is 0 Å². The van der Waals surface area contributed by atoms with Gasteiger partial charge in [0.25, 0.3) is 0 Å². The van der Waals surface area contributed by atoms with Crippen molar-refractivity contribution in [2.75, 3.05) is 6.54 Å². The summed E-state index contributed by atoms with van der Waals surface area (Å²) in [6.07, 6.45) is 6.35. The first-order valence-electron chi connectivity index (χ1n) is 5.53. The molecule has 0 radical (unpaired) electrons. The highest BCUT2D eigenvalue weighted by molar-refractivity contribution is 5.17. The van der Waals surface area contributed by atoms with Gasteiger partial charge in [-0.3, -0.25) is 0 Å². The van der Waals surface area contributed by atoms with E-state index in [9.17, 15) is 0 Å². The lowest BCUT2D eigenvalue weighted by Gasteiger charge is -2.36. The average molecular weight is 193 g/mol. The lowest BCUT2D eigenvalue weighted by atomic mass is 9.70. The largest absolute Gasteiger partial charge is 0.472 e. The van der Waals surface area contributed by atoms with Crippen molar-refractivity contribution in [1.82, 2.24) is 5.32 Å². The summed E-state index contributed by atoms with van der Waals surface area (Å²) in [6.45, 7) is 5.55. The second kappa shape index (κ2) is 4.18. The van der Waals surface area contributed by atoms with Crippen molar-refractivity contribution in [2.45, 2.75) is 38.6 Å². The smallest absolute Gasteiger partial charge is 0.0937 e. The van der Waals surface area contributed by atoms with E-state index in [1.165, 1.54) is 18.4 Å². The Labute approximate surface area is 85.7 Å². The van der Waals surface area contributed by atoms with Crippen LogP contribution in [0.25, 0.3) is 0 Å². The van der Waals surface area contributed by atoms with E-state index < -0.39 is 0 Å². The summed E-state index contributed by atoms with van der Waals surface area (Å²) in [5, 5.41) is 3.51. The highest BCUT2D eigenvalue weighted by Gasteiger charge is 2.32. The zero-order valence-electron chi connectivity index (χ0n) is 8.99.